The molecule has 0 radical (unpaired) electrons. The molecule has 0 aromatic carbocycles. The van der Waals surface area contributed by atoms with Crippen LogP contribution in [0.3, 0.4) is 0 Å². The Bertz CT molecular complexity index is 507. The average Bonchev–Trinajstić information content (AvgIpc) is 2.86. The van der Waals surface area contributed by atoms with Gasteiger partial charge in [-0.15, -0.1) is 11.8 Å². The number of hydrogen-bond donors (Lipinski definition) is 1. The molecule has 5 nitrogen and oxygen atoms in total. The number of aliphatic hydroxyl groups excluding tert-OH is 1. The van der Waals surface area contributed by atoms with Crippen molar-refractivity contribution in [2.75, 3.05) is 26.0 Å². The van der Waals surface area contributed by atoms with Crippen LogP contribution in [0.2, 0.25) is 0 Å². The Kier molecular flexibility index (Phi) is 4.99. The van der Waals surface area contributed by atoms with Crippen molar-refractivity contribution in [3.05, 3.63) is 17.1 Å². The van der Waals surface area contributed by atoms with Crippen molar-refractivity contribution in [2.24, 2.45) is 5.92 Å². The zero-order valence-corrected chi connectivity index (χ0v) is 13.0. The molecule has 1 aliphatic heterocycles. The fourth-order valence-electron chi connectivity index (χ4n) is 2.67. The Hall–Kier alpha value is -1.14. The zero-order valence-electron chi connectivity index (χ0n) is 12.2. The van der Waals surface area contributed by atoms with Crippen LogP contribution in [0, 0.1) is 19.8 Å². The Morgan fingerprint density at radius 3 is 2.85 bits per heavy atom. The summed E-state index contributed by atoms with van der Waals surface area (Å²) >= 11 is 1.48. The number of carbonyl (C=O) groups excluding carboxylic acids is 1. The molecule has 1 N–H and O–H groups in total. The third-order valence-corrected chi connectivity index (χ3v) is 4.37. The molecule has 2 heterocycles. The number of hydrogen-bond acceptors (Lipinski definition) is 5. The van der Waals surface area contributed by atoms with E-state index in [1.165, 1.54) is 11.8 Å². The number of amides is 1. The van der Waals surface area contributed by atoms with E-state index in [4.69, 9.17) is 5.11 Å². The van der Waals surface area contributed by atoms with Gasteiger partial charge in [0.1, 0.15) is 10.9 Å². The summed E-state index contributed by atoms with van der Waals surface area (Å²) < 4.78 is 0. The molecular formula is C14H21N3O2S. The Morgan fingerprint density at radius 2 is 2.20 bits per heavy atom. The summed E-state index contributed by atoms with van der Waals surface area (Å²) in [6.45, 7) is 5.37. The first-order valence-corrected chi connectivity index (χ1v) is 8.08. The van der Waals surface area contributed by atoms with Crippen LogP contribution in [0.5, 0.6) is 0 Å². The minimum Gasteiger partial charge on any atom is -0.396 e. The molecule has 2 rings (SSSR count). The molecule has 0 saturated carbocycles. The zero-order chi connectivity index (χ0) is 14.7. The summed E-state index contributed by atoms with van der Waals surface area (Å²) in [4.78, 5) is 23.2. The average molecular weight is 295 g/mol. The molecule has 1 fully saturated rings. The summed E-state index contributed by atoms with van der Waals surface area (Å²) in [6.07, 6.45) is 3.66. The summed E-state index contributed by atoms with van der Waals surface area (Å²) in [7, 11) is 0. The molecule has 1 aromatic heterocycles. The molecule has 1 aliphatic rings. The number of likely N-dealkylation sites (tertiary alicyclic amines) is 1. The molecule has 1 amide bonds. The standard InChI is InChI=1S/C14H21N3O2S/c1-9-12(13(20-3)16-10(2)15-9)14(19)17-6-4-11(8-17)5-7-18/h11,18H,4-8H2,1-3H3. The lowest BCUT2D eigenvalue weighted by atomic mass is 10.1. The van der Waals surface area contributed by atoms with Crippen LogP contribution in [-0.2, 0) is 0 Å². The van der Waals surface area contributed by atoms with Crippen molar-refractivity contribution >= 4 is 17.7 Å². The smallest absolute Gasteiger partial charge is 0.258 e. The maximum atomic E-state index is 12.7. The highest BCUT2D eigenvalue weighted by atomic mass is 32.2. The predicted octanol–water partition coefficient (Wildman–Crippen LogP) is 1.66. The number of nitrogens with zero attached hydrogens (tertiary/aromatic N) is 3. The van der Waals surface area contributed by atoms with E-state index in [1.54, 1.807) is 0 Å². The van der Waals surface area contributed by atoms with E-state index < -0.39 is 0 Å². The predicted molar refractivity (Wildman–Crippen MR) is 79.0 cm³/mol. The van der Waals surface area contributed by atoms with E-state index in [9.17, 15) is 4.79 Å². The van der Waals surface area contributed by atoms with E-state index in [2.05, 4.69) is 9.97 Å². The largest absolute Gasteiger partial charge is 0.396 e. The van der Waals surface area contributed by atoms with Crippen molar-refractivity contribution < 1.29 is 9.90 Å². The Morgan fingerprint density at radius 1 is 1.45 bits per heavy atom. The second-order valence-electron chi connectivity index (χ2n) is 5.16. The van der Waals surface area contributed by atoms with Crippen molar-refractivity contribution in [1.82, 2.24) is 14.9 Å². The van der Waals surface area contributed by atoms with Gasteiger partial charge in [-0.25, -0.2) is 9.97 Å². The molecule has 1 aromatic rings. The minimum absolute atomic E-state index is 0.0206. The van der Waals surface area contributed by atoms with Gasteiger partial charge in [0, 0.05) is 19.7 Å². The third kappa shape index (κ3) is 3.12. The van der Waals surface area contributed by atoms with Gasteiger partial charge in [0.25, 0.3) is 5.91 Å². The SMILES string of the molecule is CSc1nc(C)nc(C)c1C(=O)N1CCC(CCO)C1. The molecular weight excluding hydrogens is 274 g/mol. The fourth-order valence-corrected chi connectivity index (χ4v) is 3.33. The quantitative estimate of drug-likeness (QED) is 0.676. The number of aryl methyl sites for hydroxylation is 2. The second-order valence-corrected chi connectivity index (χ2v) is 5.95. The van der Waals surface area contributed by atoms with E-state index in [0.29, 0.717) is 17.3 Å². The van der Waals surface area contributed by atoms with E-state index in [1.807, 2.05) is 25.0 Å². The number of thioether (sulfide) groups is 1. The normalized spacial score (nSPS) is 18.6. The molecule has 0 bridgehead atoms. The topological polar surface area (TPSA) is 66.3 Å². The summed E-state index contributed by atoms with van der Waals surface area (Å²) in [6, 6.07) is 0. The molecule has 0 aliphatic carbocycles. The van der Waals surface area contributed by atoms with Crippen LogP contribution >= 0.6 is 11.8 Å². The number of carbonyl (C=O) groups is 1. The van der Waals surface area contributed by atoms with Gasteiger partial charge in [-0.05, 0) is 38.9 Å². The molecule has 1 saturated heterocycles. The first kappa shape index (κ1) is 15.3. The minimum atomic E-state index is 0.0206. The van der Waals surface area contributed by atoms with E-state index in [-0.39, 0.29) is 12.5 Å². The summed E-state index contributed by atoms with van der Waals surface area (Å²) in [5.41, 5.74) is 1.38. The van der Waals surface area contributed by atoms with Crippen LogP contribution in [-0.4, -0.2) is 51.8 Å². The highest BCUT2D eigenvalue weighted by Gasteiger charge is 2.29. The first-order valence-electron chi connectivity index (χ1n) is 6.86. The summed E-state index contributed by atoms with van der Waals surface area (Å²) in [5.74, 6) is 1.13. The van der Waals surface area contributed by atoms with Gasteiger partial charge in [0.05, 0.1) is 11.3 Å². The van der Waals surface area contributed by atoms with Crippen LogP contribution in [0.25, 0.3) is 0 Å². The van der Waals surface area contributed by atoms with Gasteiger partial charge in [0.2, 0.25) is 0 Å². The number of aliphatic hydroxyl groups is 1. The van der Waals surface area contributed by atoms with Gasteiger partial charge in [-0.3, -0.25) is 4.79 Å². The van der Waals surface area contributed by atoms with Crippen LogP contribution in [0.1, 0.15) is 34.7 Å². The molecule has 110 valence electrons. The lowest BCUT2D eigenvalue weighted by Crippen LogP contribution is -2.30. The van der Waals surface area contributed by atoms with Crippen LogP contribution < -0.4 is 0 Å². The maximum absolute atomic E-state index is 12.7. The lowest BCUT2D eigenvalue weighted by Gasteiger charge is -2.19. The Balaban J connectivity index is 2.22. The highest BCUT2D eigenvalue weighted by molar-refractivity contribution is 7.98. The molecule has 20 heavy (non-hydrogen) atoms. The van der Waals surface area contributed by atoms with Crippen molar-refractivity contribution in [3.8, 4) is 0 Å². The molecule has 0 spiro atoms. The first-order chi connectivity index (χ1) is 9.56. The third-order valence-electron chi connectivity index (χ3n) is 3.69. The maximum Gasteiger partial charge on any atom is 0.258 e. The van der Waals surface area contributed by atoms with Gasteiger partial charge in [-0.2, -0.15) is 0 Å². The number of aromatic nitrogens is 2. The van der Waals surface area contributed by atoms with Crippen LogP contribution in [0.4, 0.5) is 0 Å². The van der Waals surface area contributed by atoms with Crippen molar-refractivity contribution in [3.63, 3.8) is 0 Å². The summed E-state index contributed by atoms with van der Waals surface area (Å²) in [5, 5.41) is 9.75. The van der Waals surface area contributed by atoms with Gasteiger partial charge < -0.3 is 10.0 Å². The molecule has 6 heteroatoms. The van der Waals surface area contributed by atoms with Gasteiger partial charge in [0.15, 0.2) is 0 Å². The van der Waals surface area contributed by atoms with Gasteiger partial charge >= 0.3 is 0 Å². The highest BCUT2D eigenvalue weighted by Crippen LogP contribution is 2.26. The fraction of sp³-hybridized carbons (Fsp3) is 0.643. The van der Waals surface area contributed by atoms with Crippen molar-refractivity contribution in [1.29, 1.82) is 0 Å². The lowest BCUT2D eigenvalue weighted by molar-refractivity contribution is 0.0779. The Labute approximate surface area is 123 Å². The van der Waals surface area contributed by atoms with Crippen molar-refractivity contribution in [2.45, 2.75) is 31.7 Å². The molecule has 1 unspecified atom stereocenters. The van der Waals surface area contributed by atoms with E-state index in [0.717, 1.165) is 36.7 Å². The second kappa shape index (κ2) is 6.54. The van der Waals surface area contributed by atoms with E-state index >= 15 is 0 Å². The monoisotopic (exact) mass is 295 g/mol. The molecule has 1 atom stereocenters. The van der Waals surface area contributed by atoms with Crippen LogP contribution in [0.15, 0.2) is 5.03 Å². The number of rotatable bonds is 4. The van der Waals surface area contributed by atoms with Gasteiger partial charge in [-0.1, -0.05) is 0 Å².